The molecule has 3 N–H and O–H groups in total. The van der Waals surface area contributed by atoms with Crippen LogP contribution in [0.3, 0.4) is 0 Å². The van der Waals surface area contributed by atoms with Crippen molar-refractivity contribution in [3.05, 3.63) is 24.3 Å². The maximum Gasteiger partial charge on any atom is 0.573 e. The third-order valence-electron chi connectivity index (χ3n) is 1.98. The third kappa shape index (κ3) is 5.96. The maximum atomic E-state index is 12.0. The predicted molar refractivity (Wildman–Crippen MR) is 61.8 cm³/mol. The van der Waals surface area contributed by atoms with Crippen molar-refractivity contribution in [1.29, 1.82) is 0 Å². The Hall–Kier alpha value is -1.96. The smallest absolute Gasteiger partial charge is 0.406 e. The molecular formula is C11H13F3N2O3. The summed E-state index contributed by atoms with van der Waals surface area (Å²) in [5, 5.41) is 13.4. The van der Waals surface area contributed by atoms with Gasteiger partial charge < -0.3 is 20.5 Å². The Balaban J connectivity index is 2.64. The van der Waals surface area contributed by atoms with Crippen LogP contribution in [0.5, 0.6) is 5.75 Å². The number of carbonyl (C=O) groups is 1. The zero-order chi connectivity index (χ0) is 14.5. The van der Waals surface area contributed by atoms with E-state index in [1.54, 1.807) is 6.92 Å². The number of ether oxygens (including phenoxy) is 1. The Bertz CT molecular complexity index is 437. The molecule has 0 spiro atoms. The first-order valence-electron chi connectivity index (χ1n) is 5.34. The van der Waals surface area contributed by atoms with Gasteiger partial charge in [0.25, 0.3) is 0 Å². The monoisotopic (exact) mass is 278 g/mol. The number of aliphatic hydroxyl groups excluding tert-OH is 1. The van der Waals surface area contributed by atoms with E-state index in [9.17, 15) is 18.0 Å². The topological polar surface area (TPSA) is 70.6 Å². The van der Waals surface area contributed by atoms with Crippen molar-refractivity contribution < 1.29 is 27.8 Å². The number of rotatable bonds is 4. The van der Waals surface area contributed by atoms with Crippen molar-refractivity contribution in [3.63, 3.8) is 0 Å². The number of anilines is 1. The van der Waals surface area contributed by atoms with E-state index in [1.165, 1.54) is 12.1 Å². The van der Waals surface area contributed by atoms with Crippen molar-refractivity contribution in [2.24, 2.45) is 0 Å². The number of carbonyl (C=O) groups excluding carboxylic acids is 1. The lowest BCUT2D eigenvalue weighted by atomic mass is 10.3. The number of hydrogen-bond donors (Lipinski definition) is 3. The van der Waals surface area contributed by atoms with Gasteiger partial charge in [-0.3, -0.25) is 0 Å². The van der Waals surface area contributed by atoms with Gasteiger partial charge in [0.15, 0.2) is 0 Å². The van der Waals surface area contributed by atoms with Gasteiger partial charge in [0.05, 0.1) is 12.6 Å². The molecule has 2 amide bonds. The first kappa shape index (κ1) is 15.1. The van der Waals surface area contributed by atoms with Gasteiger partial charge in [-0.15, -0.1) is 13.2 Å². The second kappa shape index (κ2) is 6.28. The molecule has 0 aliphatic rings. The summed E-state index contributed by atoms with van der Waals surface area (Å²) in [5.41, 5.74) is 0.143. The molecule has 1 atom stereocenters. The molecule has 1 rings (SSSR count). The van der Waals surface area contributed by atoms with Crippen LogP contribution < -0.4 is 15.4 Å². The molecule has 5 nitrogen and oxygen atoms in total. The highest BCUT2D eigenvalue weighted by atomic mass is 19.4. The fourth-order valence-electron chi connectivity index (χ4n) is 1.21. The van der Waals surface area contributed by atoms with E-state index in [2.05, 4.69) is 15.4 Å². The van der Waals surface area contributed by atoms with Crippen LogP contribution in [0.15, 0.2) is 24.3 Å². The molecular weight excluding hydrogens is 265 g/mol. The largest absolute Gasteiger partial charge is 0.573 e. The number of hydrogen-bond acceptors (Lipinski definition) is 3. The minimum Gasteiger partial charge on any atom is -0.406 e. The van der Waals surface area contributed by atoms with E-state index in [0.29, 0.717) is 0 Å². The molecule has 0 radical (unpaired) electrons. The number of amides is 2. The van der Waals surface area contributed by atoms with Gasteiger partial charge >= 0.3 is 12.4 Å². The summed E-state index contributed by atoms with van der Waals surface area (Å²) in [5.74, 6) is -0.430. The van der Waals surface area contributed by atoms with E-state index in [4.69, 9.17) is 5.11 Å². The lowest BCUT2D eigenvalue weighted by Crippen LogP contribution is -2.38. The Kier molecular flexibility index (Phi) is 4.99. The molecule has 0 aliphatic carbocycles. The number of halogens is 3. The molecule has 0 bridgehead atoms. The predicted octanol–water partition coefficient (Wildman–Crippen LogP) is 2.09. The van der Waals surface area contributed by atoms with Gasteiger partial charge in [0.2, 0.25) is 0 Å². The van der Waals surface area contributed by atoms with E-state index >= 15 is 0 Å². The van der Waals surface area contributed by atoms with Crippen LogP contribution in [0.2, 0.25) is 0 Å². The zero-order valence-electron chi connectivity index (χ0n) is 9.99. The van der Waals surface area contributed by atoms with Gasteiger partial charge in [0, 0.05) is 11.8 Å². The van der Waals surface area contributed by atoms with E-state index in [-0.39, 0.29) is 12.3 Å². The van der Waals surface area contributed by atoms with Crippen molar-refractivity contribution in [1.82, 2.24) is 5.32 Å². The minimum atomic E-state index is -4.79. The van der Waals surface area contributed by atoms with Crippen LogP contribution in [0.1, 0.15) is 6.92 Å². The molecule has 0 aromatic heterocycles. The quantitative estimate of drug-likeness (QED) is 0.789. The van der Waals surface area contributed by atoms with Crippen molar-refractivity contribution >= 4 is 11.7 Å². The molecule has 1 aromatic rings. The summed E-state index contributed by atoms with van der Waals surface area (Å²) in [6.07, 6.45) is -4.79. The maximum absolute atomic E-state index is 12.0. The summed E-state index contributed by atoms with van der Waals surface area (Å²) in [7, 11) is 0. The normalized spacial score (nSPS) is 12.7. The second-order valence-corrected chi connectivity index (χ2v) is 3.76. The van der Waals surface area contributed by atoms with Crippen molar-refractivity contribution in [2.75, 3.05) is 11.9 Å². The number of urea groups is 1. The van der Waals surface area contributed by atoms with Crippen LogP contribution in [-0.2, 0) is 0 Å². The average molecular weight is 278 g/mol. The van der Waals surface area contributed by atoms with E-state index < -0.39 is 24.2 Å². The van der Waals surface area contributed by atoms with E-state index in [1.807, 2.05) is 0 Å². The van der Waals surface area contributed by atoms with Gasteiger partial charge in [-0.05, 0) is 19.1 Å². The molecule has 8 heteroatoms. The molecule has 19 heavy (non-hydrogen) atoms. The zero-order valence-corrected chi connectivity index (χ0v) is 9.99. The lowest BCUT2D eigenvalue weighted by Gasteiger charge is -2.13. The highest BCUT2D eigenvalue weighted by molar-refractivity contribution is 5.89. The van der Waals surface area contributed by atoms with E-state index in [0.717, 1.165) is 12.1 Å². The van der Waals surface area contributed by atoms with Crippen molar-refractivity contribution in [2.45, 2.75) is 19.3 Å². The van der Waals surface area contributed by atoms with Gasteiger partial charge in [0.1, 0.15) is 5.75 Å². The molecule has 106 valence electrons. The van der Waals surface area contributed by atoms with Gasteiger partial charge in [-0.1, -0.05) is 6.07 Å². The Morgan fingerprint density at radius 1 is 1.47 bits per heavy atom. The van der Waals surface area contributed by atoms with Gasteiger partial charge in [-0.2, -0.15) is 0 Å². The third-order valence-corrected chi connectivity index (χ3v) is 1.98. The first-order valence-corrected chi connectivity index (χ1v) is 5.34. The standard InChI is InChI=1S/C11H13F3N2O3/c1-7(6-17)15-10(18)16-8-3-2-4-9(5-8)19-11(12,13)14/h2-5,7,17H,6H2,1H3,(H2,15,16,18)/t7-/m1/s1. The fourth-order valence-corrected chi connectivity index (χ4v) is 1.21. The van der Waals surface area contributed by atoms with Crippen LogP contribution >= 0.6 is 0 Å². The highest BCUT2D eigenvalue weighted by Crippen LogP contribution is 2.24. The molecule has 0 aliphatic heterocycles. The van der Waals surface area contributed by atoms with Crippen LogP contribution in [0.25, 0.3) is 0 Å². The van der Waals surface area contributed by atoms with Crippen LogP contribution in [0, 0.1) is 0 Å². The summed E-state index contributed by atoms with van der Waals surface area (Å²) >= 11 is 0. The number of aliphatic hydroxyl groups is 1. The Morgan fingerprint density at radius 3 is 2.74 bits per heavy atom. The first-order chi connectivity index (χ1) is 8.80. The highest BCUT2D eigenvalue weighted by Gasteiger charge is 2.31. The molecule has 1 aromatic carbocycles. The number of nitrogens with one attached hydrogen (secondary N) is 2. The number of alkyl halides is 3. The van der Waals surface area contributed by atoms with Crippen molar-refractivity contribution in [3.8, 4) is 5.75 Å². The lowest BCUT2D eigenvalue weighted by molar-refractivity contribution is -0.274. The summed E-state index contributed by atoms with van der Waals surface area (Å²) in [4.78, 5) is 11.4. The molecule has 0 heterocycles. The SMILES string of the molecule is C[C@H](CO)NC(=O)Nc1cccc(OC(F)(F)F)c1. The molecule has 0 saturated heterocycles. The molecule has 0 unspecified atom stereocenters. The average Bonchev–Trinajstić information content (AvgIpc) is 2.26. The summed E-state index contributed by atoms with van der Waals surface area (Å²) in [6, 6.07) is 3.78. The van der Waals surface area contributed by atoms with Gasteiger partial charge in [-0.25, -0.2) is 4.79 Å². The summed E-state index contributed by atoms with van der Waals surface area (Å²) < 4.78 is 39.7. The fraction of sp³-hybridized carbons (Fsp3) is 0.364. The molecule has 0 fully saturated rings. The molecule has 0 saturated carbocycles. The second-order valence-electron chi connectivity index (χ2n) is 3.76. The Morgan fingerprint density at radius 2 is 2.16 bits per heavy atom. The van der Waals surface area contributed by atoms with Crippen LogP contribution in [-0.4, -0.2) is 30.1 Å². The Labute approximate surface area is 107 Å². The minimum absolute atomic E-state index is 0.143. The number of benzene rings is 1. The van der Waals surface area contributed by atoms with Crippen LogP contribution in [0.4, 0.5) is 23.7 Å². The summed E-state index contributed by atoms with van der Waals surface area (Å²) in [6.45, 7) is 1.33.